The van der Waals surface area contributed by atoms with Crippen molar-refractivity contribution in [3.63, 3.8) is 0 Å². The second-order valence-corrected chi connectivity index (χ2v) is 10.2. The zero-order valence-electron chi connectivity index (χ0n) is 21.6. The predicted molar refractivity (Wildman–Crippen MR) is 144 cm³/mol. The molecule has 37 heavy (non-hydrogen) atoms. The molecule has 0 spiro atoms. The van der Waals surface area contributed by atoms with Crippen molar-refractivity contribution in [1.29, 1.82) is 0 Å². The van der Waals surface area contributed by atoms with Gasteiger partial charge in [-0.25, -0.2) is 9.69 Å². The second kappa shape index (κ2) is 9.95. The number of urea groups is 1. The van der Waals surface area contributed by atoms with Gasteiger partial charge in [0.25, 0.3) is 5.91 Å². The Morgan fingerprint density at radius 1 is 0.892 bits per heavy atom. The van der Waals surface area contributed by atoms with Crippen LogP contribution in [0.1, 0.15) is 23.6 Å². The van der Waals surface area contributed by atoms with E-state index in [1.807, 2.05) is 74.5 Å². The summed E-state index contributed by atoms with van der Waals surface area (Å²) in [6.45, 7) is 8.99. The largest absolute Gasteiger partial charge is 0.326 e. The summed E-state index contributed by atoms with van der Waals surface area (Å²) in [6.07, 6.45) is 0. The van der Waals surface area contributed by atoms with Gasteiger partial charge in [-0.3, -0.25) is 19.4 Å². The maximum atomic E-state index is 13.4. The van der Waals surface area contributed by atoms with Gasteiger partial charge in [0.1, 0.15) is 5.54 Å². The summed E-state index contributed by atoms with van der Waals surface area (Å²) in [4.78, 5) is 44.4. The number of hydrogen-bond donors (Lipinski definition) is 2. The number of imide groups is 1. The molecule has 8 heteroatoms. The van der Waals surface area contributed by atoms with Crippen LogP contribution in [0.3, 0.4) is 0 Å². The molecule has 1 atom stereocenters. The topological polar surface area (TPSA) is 85.0 Å². The highest BCUT2D eigenvalue weighted by atomic mass is 16.2. The summed E-state index contributed by atoms with van der Waals surface area (Å²) in [6, 6.07) is 19.4. The molecule has 192 valence electrons. The van der Waals surface area contributed by atoms with E-state index in [4.69, 9.17) is 0 Å². The van der Waals surface area contributed by atoms with Gasteiger partial charge in [-0.1, -0.05) is 54.6 Å². The van der Waals surface area contributed by atoms with E-state index in [0.29, 0.717) is 32.7 Å². The van der Waals surface area contributed by atoms with E-state index in [1.54, 1.807) is 6.92 Å². The Morgan fingerprint density at radius 3 is 2.24 bits per heavy atom. The SMILES string of the molecule is Cc1cccc(C)c1NC(=O)CN1CCN(CN2C(=O)N[C@@](C)(c3ccc4ccccc4c3)C2=O)CC1. The highest BCUT2D eigenvalue weighted by molar-refractivity contribution is 6.07. The van der Waals surface area contributed by atoms with E-state index in [2.05, 4.69) is 20.4 Å². The number of rotatable bonds is 6. The normalized spacial score (nSPS) is 20.9. The number of nitrogens with zero attached hydrogens (tertiary/aromatic N) is 3. The summed E-state index contributed by atoms with van der Waals surface area (Å²) in [5.41, 5.74) is 2.63. The first-order valence-electron chi connectivity index (χ1n) is 12.7. The number of nitrogens with one attached hydrogen (secondary N) is 2. The maximum Gasteiger partial charge on any atom is 0.326 e. The Morgan fingerprint density at radius 2 is 1.54 bits per heavy atom. The minimum absolute atomic E-state index is 0.0360. The van der Waals surface area contributed by atoms with Crippen LogP contribution < -0.4 is 10.6 Å². The number of carbonyl (C=O) groups excluding carboxylic acids is 3. The standard InChI is InChI=1S/C29H33N5O3/c1-20-7-6-8-21(2)26(20)30-25(35)18-32-13-15-33(16-14-32)19-34-27(36)29(3,31-28(34)37)24-12-11-22-9-4-5-10-23(22)17-24/h4-12,17H,13-16,18-19H2,1-3H3,(H,30,35)(H,31,37)/t29-/m0/s1. The Kier molecular flexibility index (Phi) is 6.70. The molecule has 2 saturated heterocycles. The molecule has 0 aliphatic carbocycles. The average molecular weight is 500 g/mol. The molecule has 2 aliphatic heterocycles. The van der Waals surface area contributed by atoms with E-state index in [1.165, 1.54) is 4.90 Å². The molecule has 0 aromatic heterocycles. The van der Waals surface area contributed by atoms with Crippen molar-refractivity contribution in [2.45, 2.75) is 26.3 Å². The van der Waals surface area contributed by atoms with Gasteiger partial charge in [0.2, 0.25) is 5.91 Å². The fourth-order valence-corrected chi connectivity index (χ4v) is 5.20. The van der Waals surface area contributed by atoms with Crippen LogP contribution in [0, 0.1) is 13.8 Å². The van der Waals surface area contributed by atoms with Crippen LogP contribution in [0.25, 0.3) is 10.8 Å². The molecular formula is C29H33N5O3. The molecule has 4 amide bonds. The van der Waals surface area contributed by atoms with E-state index in [0.717, 1.165) is 33.2 Å². The third-order valence-electron chi connectivity index (χ3n) is 7.52. The lowest BCUT2D eigenvalue weighted by molar-refractivity contribution is -0.132. The number of anilines is 1. The third-order valence-corrected chi connectivity index (χ3v) is 7.52. The number of amides is 4. The fourth-order valence-electron chi connectivity index (χ4n) is 5.20. The first-order chi connectivity index (χ1) is 17.7. The van der Waals surface area contributed by atoms with Crippen LogP contribution in [0.15, 0.2) is 60.7 Å². The van der Waals surface area contributed by atoms with E-state index < -0.39 is 5.54 Å². The number of fused-ring (bicyclic) bond motifs is 1. The molecule has 0 radical (unpaired) electrons. The lowest BCUT2D eigenvalue weighted by atomic mass is 9.90. The molecule has 8 nitrogen and oxygen atoms in total. The highest BCUT2D eigenvalue weighted by Gasteiger charge is 2.49. The minimum Gasteiger partial charge on any atom is -0.324 e. The first kappa shape index (κ1) is 24.9. The molecule has 2 fully saturated rings. The molecule has 2 heterocycles. The molecule has 5 rings (SSSR count). The molecule has 0 saturated carbocycles. The number of aryl methyl sites for hydroxylation is 2. The van der Waals surface area contributed by atoms with Gasteiger partial charge in [-0.05, 0) is 54.3 Å². The van der Waals surface area contributed by atoms with Crippen molar-refractivity contribution >= 4 is 34.3 Å². The van der Waals surface area contributed by atoms with Gasteiger partial charge in [0.15, 0.2) is 0 Å². The Bertz CT molecular complexity index is 1340. The first-order valence-corrected chi connectivity index (χ1v) is 12.7. The van der Waals surface area contributed by atoms with Crippen LogP contribution in [-0.2, 0) is 15.1 Å². The summed E-state index contributed by atoms with van der Waals surface area (Å²) in [5, 5.41) is 8.07. The third kappa shape index (κ3) is 4.95. The van der Waals surface area contributed by atoms with Crippen molar-refractivity contribution in [2.75, 3.05) is 44.7 Å². The van der Waals surface area contributed by atoms with E-state index in [9.17, 15) is 14.4 Å². The lowest BCUT2D eigenvalue weighted by Crippen LogP contribution is -2.52. The molecular weight excluding hydrogens is 466 g/mol. The summed E-state index contributed by atoms with van der Waals surface area (Å²) in [7, 11) is 0. The monoisotopic (exact) mass is 499 g/mol. The number of carbonyl (C=O) groups is 3. The number of para-hydroxylation sites is 1. The lowest BCUT2D eigenvalue weighted by Gasteiger charge is -2.35. The maximum absolute atomic E-state index is 13.4. The van der Waals surface area contributed by atoms with Crippen molar-refractivity contribution in [3.05, 3.63) is 77.4 Å². The number of benzene rings is 3. The number of hydrogen-bond acceptors (Lipinski definition) is 5. The van der Waals surface area contributed by atoms with Crippen molar-refractivity contribution in [3.8, 4) is 0 Å². The van der Waals surface area contributed by atoms with Gasteiger partial charge in [-0.2, -0.15) is 0 Å². The van der Waals surface area contributed by atoms with Gasteiger partial charge < -0.3 is 10.6 Å². The highest BCUT2D eigenvalue weighted by Crippen LogP contribution is 2.31. The Hall–Kier alpha value is -3.75. The van der Waals surface area contributed by atoms with Crippen LogP contribution in [0.5, 0.6) is 0 Å². The molecule has 3 aromatic carbocycles. The second-order valence-electron chi connectivity index (χ2n) is 10.2. The van der Waals surface area contributed by atoms with Crippen LogP contribution in [0.2, 0.25) is 0 Å². The van der Waals surface area contributed by atoms with Crippen molar-refractivity contribution < 1.29 is 14.4 Å². The molecule has 3 aromatic rings. The van der Waals surface area contributed by atoms with Crippen LogP contribution >= 0.6 is 0 Å². The predicted octanol–water partition coefficient (Wildman–Crippen LogP) is 3.44. The zero-order valence-corrected chi connectivity index (χ0v) is 21.6. The molecule has 2 aliphatic rings. The zero-order chi connectivity index (χ0) is 26.2. The summed E-state index contributed by atoms with van der Waals surface area (Å²) >= 11 is 0. The van der Waals surface area contributed by atoms with Gasteiger partial charge in [0, 0.05) is 31.9 Å². The smallest absolute Gasteiger partial charge is 0.324 e. The molecule has 0 unspecified atom stereocenters. The number of piperazine rings is 1. The summed E-state index contributed by atoms with van der Waals surface area (Å²) in [5.74, 6) is -0.283. The van der Waals surface area contributed by atoms with Crippen molar-refractivity contribution in [1.82, 2.24) is 20.0 Å². The fraction of sp³-hybridized carbons (Fsp3) is 0.345. The minimum atomic E-state index is -1.10. The van der Waals surface area contributed by atoms with Gasteiger partial charge >= 0.3 is 6.03 Å². The Balaban J connectivity index is 1.17. The quantitative estimate of drug-likeness (QED) is 0.508. The molecule has 2 N–H and O–H groups in total. The average Bonchev–Trinajstić information content (AvgIpc) is 3.11. The van der Waals surface area contributed by atoms with E-state index in [-0.39, 0.29) is 24.5 Å². The van der Waals surface area contributed by atoms with Crippen LogP contribution in [-0.4, -0.2) is 71.9 Å². The van der Waals surface area contributed by atoms with Gasteiger partial charge in [0.05, 0.1) is 13.2 Å². The van der Waals surface area contributed by atoms with Crippen molar-refractivity contribution in [2.24, 2.45) is 0 Å². The molecule has 0 bridgehead atoms. The van der Waals surface area contributed by atoms with E-state index >= 15 is 0 Å². The van der Waals surface area contributed by atoms with Crippen LogP contribution in [0.4, 0.5) is 10.5 Å². The Labute approximate surface area is 217 Å². The van der Waals surface area contributed by atoms with Gasteiger partial charge in [-0.15, -0.1) is 0 Å². The summed E-state index contributed by atoms with van der Waals surface area (Å²) < 4.78 is 0.